The van der Waals surface area contributed by atoms with Crippen molar-refractivity contribution in [1.29, 1.82) is 0 Å². The number of methoxy groups -OCH3 is 1. The van der Waals surface area contributed by atoms with Crippen LogP contribution >= 0.6 is 0 Å². The highest BCUT2D eigenvalue weighted by atomic mass is 16.5. The molecule has 156 valence electrons. The molecule has 1 heterocycles. The lowest BCUT2D eigenvalue weighted by Gasteiger charge is -2.25. The Morgan fingerprint density at radius 2 is 1.73 bits per heavy atom. The van der Waals surface area contributed by atoms with E-state index in [4.69, 9.17) is 9.72 Å². The van der Waals surface area contributed by atoms with Crippen LogP contribution in [0.3, 0.4) is 0 Å². The van der Waals surface area contributed by atoms with Crippen molar-refractivity contribution in [1.82, 2.24) is 9.88 Å². The maximum Gasteiger partial charge on any atom is 0.220 e. The normalized spacial score (nSPS) is 12.7. The first-order valence-corrected chi connectivity index (χ1v) is 10.5. The van der Waals surface area contributed by atoms with Crippen LogP contribution in [0.2, 0.25) is 0 Å². The molecule has 0 N–H and O–H groups in total. The lowest BCUT2D eigenvalue weighted by molar-refractivity contribution is -0.130. The van der Waals surface area contributed by atoms with Gasteiger partial charge in [-0.2, -0.15) is 0 Å². The first kappa shape index (κ1) is 20.2. The van der Waals surface area contributed by atoms with Crippen molar-refractivity contribution >= 4 is 22.6 Å². The van der Waals surface area contributed by atoms with E-state index in [-0.39, 0.29) is 5.91 Å². The van der Waals surface area contributed by atoms with Crippen LogP contribution < -0.4 is 9.64 Å². The molecule has 1 aliphatic rings. The van der Waals surface area contributed by atoms with Gasteiger partial charge in [0.15, 0.2) is 0 Å². The second kappa shape index (κ2) is 8.34. The molecule has 0 spiro atoms. The minimum absolute atomic E-state index is 0.0459. The van der Waals surface area contributed by atoms with E-state index in [1.165, 1.54) is 17.5 Å². The SMILES string of the molecule is COc1ccc(CN(Cc2cc3cc4c(cc3nc2N(C)C)CCC4)C(C)=O)cc1. The highest BCUT2D eigenvalue weighted by molar-refractivity contribution is 5.84. The minimum Gasteiger partial charge on any atom is -0.497 e. The molecule has 0 atom stereocenters. The Kier molecular flexibility index (Phi) is 5.62. The Labute approximate surface area is 178 Å². The van der Waals surface area contributed by atoms with Crippen molar-refractivity contribution in [2.45, 2.75) is 39.3 Å². The topological polar surface area (TPSA) is 45.7 Å². The zero-order valence-electron chi connectivity index (χ0n) is 18.2. The maximum atomic E-state index is 12.4. The molecule has 4 rings (SSSR count). The highest BCUT2D eigenvalue weighted by Crippen LogP contribution is 2.30. The van der Waals surface area contributed by atoms with Crippen LogP contribution in [0, 0.1) is 0 Å². The van der Waals surface area contributed by atoms with Crippen LogP contribution in [0.1, 0.15) is 35.6 Å². The summed E-state index contributed by atoms with van der Waals surface area (Å²) in [6.07, 6.45) is 3.51. The van der Waals surface area contributed by atoms with Crippen LogP contribution in [0.15, 0.2) is 42.5 Å². The molecule has 1 aromatic heterocycles. The molecule has 0 fully saturated rings. The van der Waals surface area contributed by atoms with Gasteiger partial charge in [-0.1, -0.05) is 12.1 Å². The number of benzene rings is 2. The predicted octanol–water partition coefficient (Wildman–Crippen LogP) is 4.35. The van der Waals surface area contributed by atoms with E-state index >= 15 is 0 Å². The van der Waals surface area contributed by atoms with E-state index in [0.29, 0.717) is 13.1 Å². The van der Waals surface area contributed by atoms with Crippen LogP contribution in [0.5, 0.6) is 5.75 Å². The lowest BCUT2D eigenvalue weighted by atomic mass is 10.0. The zero-order valence-corrected chi connectivity index (χ0v) is 18.2. The van der Waals surface area contributed by atoms with Gasteiger partial charge in [-0.3, -0.25) is 4.79 Å². The lowest BCUT2D eigenvalue weighted by Crippen LogP contribution is -2.29. The zero-order chi connectivity index (χ0) is 21.3. The van der Waals surface area contributed by atoms with Gasteiger partial charge in [-0.25, -0.2) is 4.98 Å². The molecule has 0 unspecified atom stereocenters. The fraction of sp³-hybridized carbons (Fsp3) is 0.360. The molecule has 0 aliphatic heterocycles. The van der Waals surface area contributed by atoms with Crippen molar-refractivity contribution in [2.24, 2.45) is 0 Å². The molecule has 0 saturated carbocycles. The van der Waals surface area contributed by atoms with Crippen LogP contribution in [0.25, 0.3) is 10.9 Å². The number of anilines is 1. The summed E-state index contributed by atoms with van der Waals surface area (Å²) in [4.78, 5) is 21.3. The Bertz CT molecular complexity index is 1070. The van der Waals surface area contributed by atoms with Gasteiger partial charge in [0.05, 0.1) is 12.6 Å². The number of ether oxygens (including phenoxy) is 1. The van der Waals surface area contributed by atoms with Crippen molar-refractivity contribution in [2.75, 3.05) is 26.1 Å². The molecule has 0 radical (unpaired) electrons. The summed E-state index contributed by atoms with van der Waals surface area (Å²) in [5.41, 5.74) is 6.04. The quantitative estimate of drug-likeness (QED) is 0.614. The summed E-state index contributed by atoms with van der Waals surface area (Å²) < 4.78 is 5.24. The number of amides is 1. The minimum atomic E-state index is 0.0459. The third-order valence-electron chi connectivity index (χ3n) is 5.85. The number of aromatic nitrogens is 1. The number of hydrogen-bond acceptors (Lipinski definition) is 4. The maximum absolute atomic E-state index is 12.4. The molecular formula is C25H29N3O2. The molecular weight excluding hydrogens is 374 g/mol. The summed E-state index contributed by atoms with van der Waals surface area (Å²) in [7, 11) is 5.67. The fourth-order valence-corrected chi connectivity index (χ4v) is 4.22. The number of carbonyl (C=O) groups excluding carboxylic acids is 1. The smallest absolute Gasteiger partial charge is 0.220 e. The number of rotatable bonds is 6. The van der Waals surface area contributed by atoms with Gasteiger partial charge in [0.25, 0.3) is 0 Å². The average Bonchev–Trinajstić information content (AvgIpc) is 3.18. The van der Waals surface area contributed by atoms with E-state index in [1.807, 2.05) is 48.2 Å². The van der Waals surface area contributed by atoms with Gasteiger partial charge in [-0.05, 0) is 66.3 Å². The third kappa shape index (κ3) is 4.11. The van der Waals surface area contributed by atoms with Gasteiger partial charge in [0.1, 0.15) is 11.6 Å². The number of aryl methyl sites for hydroxylation is 2. The van der Waals surface area contributed by atoms with Crippen molar-refractivity contribution in [3.05, 3.63) is 64.7 Å². The molecule has 1 aliphatic carbocycles. The second-order valence-electron chi connectivity index (χ2n) is 8.26. The standard InChI is InChI=1S/C25H29N3O2/c1-17(29)28(15-18-8-10-23(30-4)11-9-18)16-22-13-21-12-19-6-5-7-20(19)14-24(21)26-25(22)27(2)3/h8-14H,5-7,15-16H2,1-4H3. The third-order valence-corrected chi connectivity index (χ3v) is 5.85. The molecule has 5 heteroatoms. The molecule has 1 amide bonds. The molecule has 0 bridgehead atoms. The first-order chi connectivity index (χ1) is 14.4. The Hall–Kier alpha value is -3.08. The van der Waals surface area contributed by atoms with Crippen molar-refractivity contribution < 1.29 is 9.53 Å². The summed E-state index contributed by atoms with van der Waals surface area (Å²) in [5.74, 6) is 1.78. The van der Waals surface area contributed by atoms with Gasteiger partial charge in [-0.15, -0.1) is 0 Å². The van der Waals surface area contributed by atoms with Gasteiger partial charge >= 0.3 is 0 Å². The van der Waals surface area contributed by atoms with Crippen LogP contribution in [0.4, 0.5) is 5.82 Å². The number of hydrogen-bond donors (Lipinski definition) is 0. The fourth-order valence-electron chi connectivity index (χ4n) is 4.22. The number of fused-ring (bicyclic) bond motifs is 2. The number of nitrogens with zero attached hydrogens (tertiary/aromatic N) is 3. The van der Waals surface area contributed by atoms with Crippen molar-refractivity contribution in [3.63, 3.8) is 0 Å². The first-order valence-electron chi connectivity index (χ1n) is 10.5. The van der Waals surface area contributed by atoms with Crippen LogP contribution in [-0.4, -0.2) is 37.0 Å². The van der Waals surface area contributed by atoms with Crippen molar-refractivity contribution in [3.8, 4) is 5.75 Å². The molecule has 0 saturated heterocycles. The molecule has 3 aromatic rings. The number of pyridine rings is 1. The predicted molar refractivity (Wildman–Crippen MR) is 121 cm³/mol. The average molecular weight is 404 g/mol. The monoisotopic (exact) mass is 403 g/mol. The van der Waals surface area contributed by atoms with E-state index in [0.717, 1.165) is 46.4 Å². The summed E-state index contributed by atoms with van der Waals surface area (Å²) >= 11 is 0. The molecule has 30 heavy (non-hydrogen) atoms. The summed E-state index contributed by atoms with van der Waals surface area (Å²) in [6, 6.07) is 14.6. The van der Waals surface area contributed by atoms with E-state index < -0.39 is 0 Å². The largest absolute Gasteiger partial charge is 0.497 e. The van der Waals surface area contributed by atoms with E-state index in [9.17, 15) is 4.79 Å². The van der Waals surface area contributed by atoms with Crippen LogP contribution in [-0.2, 0) is 30.7 Å². The van der Waals surface area contributed by atoms with E-state index in [1.54, 1.807) is 14.0 Å². The second-order valence-corrected chi connectivity index (χ2v) is 8.26. The Balaban J connectivity index is 1.67. The highest BCUT2D eigenvalue weighted by Gasteiger charge is 2.18. The number of carbonyl (C=O) groups is 1. The van der Waals surface area contributed by atoms with Gasteiger partial charge < -0.3 is 14.5 Å². The van der Waals surface area contributed by atoms with Gasteiger partial charge in [0.2, 0.25) is 5.91 Å². The van der Waals surface area contributed by atoms with Gasteiger partial charge in [0, 0.05) is 45.1 Å². The van der Waals surface area contributed by atoms with E-state index in [2.05, 4.69) is 18.2 Å². The summed E-state index contributed by atoms with van der Waals surface area (Å²) in [5, 5.41) is 1.16. The molecule has 5 nitrogen and oxygen atoms in total. The Morgan fingerprint density at radius 3 is 2.37 bits per heavy atom. The molecule has 2 aromatic carbocycles. The Morgan fingerprint density at radius 1 is 1.03 bits per heavy atom. The summed E-state index contributed by atoms with van der Waals surface area (Å²) in [6.45, 7) is 2.70.